The van der Waals surface area contributed by atoms with Crippen molar-refractivity contribution >= 4 is 0 Å². The molecule has 0 heterocycles. The van der Waals surface area contributed by atoms with Crippen LogP contribution in [0.3, 0.4) is 0 Å². The molecule has 0 aliphatic carbocycles. The minimum atomic E-state index is -0.193. The topological polar surface area (TPSA) is 47.3 Å². The molecule has 0 saturated carbocycles. The van der Waals surface area contributed by atoms with E-state index in [0.717, 1.165) is 25.8 Å². The molecule has 0 fully saturated rings. The number of nitriles is 1. The maximum Gasteiger partial charge on any atom is 0.0683 e. The standard InChI is InChI=1S/C12H24N2O/c1-11(9-15)14(4)8-6-5-7-12(2,3)10-13/h11,15H,5-9H2,1-4H3. The first kappa shape index (κ1) is 14.4. The van der Waals surface area contributed by atoms with Crippen LogP contribution < -0.4 is 0 Å². The van der Waals surface area contributed by atoms with E-state index in [-0.39, 0.29) is 18.1 Å². The fourth-order valence-corrected chi connectivity index (χ4v) is 1.34. The van der Waals surface area contributed by atoms with Crippen LogP contribution in [0.5, 0.6) is 0 Å². The van der Waals surface area contributed by atoms with Crippen LogP contribution in [0.15, 0.2) is 0 Å². The van der Waals surface area contributed by atoms with E-state index < -0.39 is 0 Å². The van der Waals surface area contributed by atoms with Gasteiger partial charge in [-0.25, -0.2) is 0 Å². The van der Waals surface area contributed by atoms with Crippen LogP contribution >= 0.6 is 0 Å². The van der Waals surface area contributed by atoms with Gasteiger partial charge in [0.1, 0.15) is 0 Å². The smallest absolute Gasteiger partial charge is 0.0683 e. The summed E-state index contributed by atoms with van der Waals surface area (Å²) in [5, 5.41) is 17.8. The predicted molar refractivity (Wildman–Crippen MR) is 62.4 cm³/mol. The largest absolute Gasteiger partial charge is 0.395 e. The molecule has 0 aromatic heterocycles. The van der Waals surface area contributed by atoms with Gasteiger partial charge < -0.3 is 10.0 Å². The van der Waals surface area contributed by atoms with Gasteiger partial charge in [-0.1, -0.05) is 6.42 Å². The third-order valence-electron chi connectivity index (χ3n) is 2.88. The first-order chi connectivity index (χ1) is 6.93. The Morgan fingerprint density at radius 1 is 1.40 bits per heavy atom. The molecule has 0 saturated heterocycles. The highest BCUT2D eigenvalue weighted by molar-refractivity contribution is 4.91. The number of aliphatic hydroxyl groups is 1. The summed E-state index contributed by atoms with van der Waals surface area (Å²) in [6.07, 6.45) is 3.11. The monoisotopic (exact) mass is 212 g/mol. The summed E-state index contributed by atoms with van der Waals surface area (Å²) in [6.45, 7) is 7.17. The zero-order valence-electron chi connectivity index (χ0n) is 10.5. The maximum atomic E-state index is 8.94. The molecule has 0 amide bonds. The summed E-state index contributed by atoms with van der Waals surface area (Å²) in [5.74, 6) is 0. The lowest BCUT2D eigenvalue weighted by atomic mass is 9.89. The Balaban J connectivity index is 3.60. The maximum absolute atomic E-state index is 8.94. The van der Waals surface area contributed by atoms with Gasteiger partial charge in [-0.3, -0.25) is 0 Å². The zero-order valence-corrected chi connectivity index (χ0v) is 10.5. The molecule has 0 rings (SSSR count). The second-order valence-corrected chi connectivity index (χ2v) is 4.96. The van der Waals surface area contributed by atoms with Crippen LogP contribution in [-0.2, 0) is 0 Å². The van der Waals surface area contributed by atoms with Gasteiger partial charge in [-0.05, 0) is 47.2 Å². The second kappa shape index (κ2) is 6.81. The molecule has 3 nitrogen and oxygen atoms in total. The first-order valence-corrected chi connectivity index (χ1v) is 5.65. The van der Waals surface area contributed by atoms with E-state index in [0.29, 0.717) is 0 Å². The van der Waals surface area contributed by atoms with Gasteiger partial charge in [0.05, 0.1) is 18.1 Å². The molecule has 0 aliphatic rings. The zero-order chi connectivity index (χ0) is 11.9. The van der Waals surface area contributed by atoms with Crippen molar-refractivity contribution in [2.75, 3.05) is 20.2 Å². The lowest BCUT2D eigenvalue weighted by molar-refractivity contribution is 0.156. The van der Waals surface area contributed by atoms with E-state index in [1.165, 1.54) is 0 Å². The van der Waals surface area contributed by atoms with E-state index in [2.05, 4.69) is 11.0 Å². The quantitative estimate of drug-likeness (QED) is 0.657. The van der Waals surface area contributed by atoms with Crippen LogP contribution in [0.4, 0.5) is 0 Å². The van der Waals surface area contributed by atoms with Crippen LogP contribution in [0.25, 0.3) is 0 Å². The van der Waals surface area contributed by atoms with Crippen LogP contribution in [0, 0.1) is 16.7 Å². The molecule has 0 radical (unpaired) electrons. The van der Waals surface area contributed by atoms with E-state index in [1.807, 2.05) is 27.8 Å². The number of aliphatic hydroxyl groups excluding tert-OH is 1. The summed E-state index contributed by atoms with van der Waals surface area (Å²) in [5.41, 5.74) is -0.193. The van der Waals surface area contributed by atoms with E-state index in [4.69, 9.17) is 10.4 Å². The summed E-state index contributed by atoms with van der Waals surface area (Å²) in [7, 11) is 2.02. The molecule has 1 unspecified atom stereocenters. The van der Waals surface area contributed by atoms with Crippen molar-refractivity contribution in [1.29, 1.82) is 5.26 Å². The molecule has 1 atom stereocenters. The molecular formula is C12H24N2O. The van der Waals surface area contributed by atoms with Crippen molar-refractivity contribution in [2.24, 2.45) is 5.41 Å². The van der Waals surface area contributed by atoms with Crippen molar-refractivity contribution in [1.82, 2.24) is 4.90 Å². The van der Waals surface area contributed by atoms with Crippen LogP contribution in [-0.4, -0.2) is 36.2 Å². The summed E-state index contributed by atoms with van der Waals surface area (Å²) in [4.78, 5) is 2.15. The number of rotatable bonds is 7. The highest BCUT2D eigenvalue weighted by Crippen LogP contribution is 2.21. The molecule has 0 aromatic carbocycles. The molecule has 15 heavy (non-hydrogen) atoms. The lowest BCUT2D eigenvalue weighted by Crippen LogP contribution is -2.32. The average Bonchev–Trinajstić information content (AvgIpc) is 2.22. The van der Waals surface area contributed by atoms with Gasteiger partial charge in [0.25, 0.3) is 0 Å². The molecule has 1 N–H and O–H groups in total. The summed E-state index contributed by atoms with van der Waals surface area (Å²) < 4.78 is 0. The van der Waals surface area contributed by atoms with Crippen molar-refractivity contribution in [3.05, 3.63) is 0 Å². The molecule has 3 heteroatoms. The average molecular weight is 212 g/mol. The fraction of sp³-hybridized carbons (Fsp3) is 0.917. The van der Waals surface area contributed by atoms with Crippen LogP contribution in [0.2, 0.25) is 0 Å². The Kier molecular flexibility index (Phi) is 6.55. The Labute approximate surface area is 93.7 Å². The van der Waals surface area contributed by atoms with Crippen molar-refractivity contribution in [2.45, 2.75) is 46.1 Å². The lowest BCUT2D eigenvalue weighted by Gasteiger charge is -2.23. The van der Waals surface area contributed by atoms with Gasteiger partial charge in [-0.2, -0.15) is 5.26 Å². The molecule has 0 bridgehead atoms. The molecule has 0 aromatic rings. The molecule has 0 aliphatic heterocycles. The number of unbranched alkanes of at least 4 members (excludes halogenated alkanes) is 1. The third kappa shape index (κ3) is 6.48. The molecular weight excluding hydrogens is 188 g/mol. The highest BCUT2D eigenvalue weighted by Gasteiger charge is 2.15. The van der Waals surface area contributed by atoms with Crippen molar-refractivity contribution < 1.29 is 5.11 Å². The second-order valence-electron chi connectivity index (χ2n) is 4.96. The van der Waals surface area contributed by atoms with E-state index in [1.54, 1.807) is 0 Å². The third-order valence-corrected chi connectivity index (χ3v) is 2.88. The first-order valence-electron chi connectivity index (χ1n) is 5.65. The van der Waals surface area contributed by atoms with Crippen LogP contribution in [0.1, 0.15) is 40.0 Å². The number of hydrogen-bond acceptors (Lipinski definition) is 3. The fourth-order valence-electron chi connectivity index (χ4n) is 1.34. The minimum absolute atomic E-state index is 0.193. The van der Waals surface area contributed by atoms with Gasteiger partial charge in [0.15, 0.2) is 0 Å². The van der Waals surface area contributed by atoms with Crippen molar-refractivity contribution in [3.8, 4) is 6.07 Å². The van der Waals surface area contributed by atoms with Gasteiger partial charge in [0.2, 0.25) is 0 Å². The number of nitrogens with zero attached hydrogens (tertiary/aromatic N) is 2. The van der Waals surface area contributed by atoms with E-state index in [9.17, 15) is 0 Å². The van der Waals surface area contributed by atoms with E-state index >= 15 is 0 Å². The number of likely N-dealkylation sites (N-methyl/N-ethyl adjacent to an activating group) is 1. The Morgan fingerprint density at radius 3 is 2.47 bits per heavy atom. The normalized spacial score (nSPS) is 13.9. The van der Waals surface area contributed by atoms with Crippen molar-refractivity contribution in [3.63, 3.8) is 0 Å². The Hall–Kier alpha value is -0.590. The summed E-state index contributed by atoms with van der Waals surface area (Å²) >= 11 is 0. The SMILES string of the molecule is CC(CO)N(C)CCCCC(C)(C)C#N. The predicted octanol–water partition coefficient (Wildman–Crippen LogP) is 2.02. The Morgan fingerprint density at radius 2 is 2.00 bits per heavy atom. The Bertz CT molecular complexity index is 208. The van der Waals surface area contributed by atoms with Gasteiger partial charge in [-0.15, -0.1) is 0 Å². The van der Waals surface area contributed by atoms with Gasteiger partial charge >= 0.3 is 0 Å². The highest BCUT2D eigenvalue weighted by atomic mass is 16.3. The number of hydrogen-bond donors (Lipinski definition) is 1. The van der Waals surface area contributed by atoms with Gasteiger partial charge in [0, 0.05) is 6.04 Å². The molecule has 0 spiro atoms. The minimum Gasteiger partial charge on any atom is -0.395 e. The molecule has 88 valence electrons. The summed E-state index contributed by atoms with van der Waals surface area (Å²) in [6, 6.07) is 2.54.